The van der Waals surface area contributed by atoms with Crippen LogP contribution in [0, 0.1) is 0 Å². The molecule has 0 aromatic rings. The Bertz CT molecular complexity index is 215. The van der Waals surface area contributed by atoms with Crippen LogP contribution in [-0.2, 0) is 0 Å². The standard InChI is InChI=1S/C8H13N3/c1-9-4-7-5-11(3)6-8(7)10-2/h4H,2,5-6H2,1,3H3/b9-4-. The number of likely N-dealkylation sites (N-methyl/N-ethyl adjacent to an activating group) is 1. The number of nitrogens with zero attached hydrogens (tertiary/aromatic N) is 3. The molecule has 3 nitrogen and oxygen atoms in total. The van der Waals surface area contributed by atoms with E-state index >= 15 is 0 Å². The van der Waals surface area contributed by atoms with Gasteiger partial charge in [0.05, 0.1) is 5.70 Å². The molecular weight excluding hydrogens is 138 g/mol. The highest BCUT2D eigenvalue weighted by Crippen LogP contribution is 2.14. The number of rotatable bonds is 2. The highest BCUT2D eigenvalue weighted by atomic mass is 15.1. The maximum absolute atomic E-state index is 3.95. The lowest BCUT2D eigenvalue weighted by molar-refractivity contribution is 0.426. The van der Waals surface area contributed by atoms with Gasteiger partial charge in [0, 0.05) is 31.9 Å². The van der Waals surface area contributed by atoms with E-state index in [4.69, 9.17) is 0 Å². The summed E-state index contributed by atoms with van der Waals surface area (Å²) >= 11 is 0. The van der Waals surface area contributed by atoms with E-state index in [2.05, 4.69) is 28.6 Å². The van der Waals surface area contributed by atoms with Crippen molar-refractivity contribution in [1.29, 1.82) is 0 Å². The van der Waals surface area contributed by atoms with Crippen LogP contribution in [0.1, 0.15) is 0 Å². The largest absolute Gasteiger partial charge is 0.296 e. The van der Waals surface area contributed by atoms with E-state index in [1.165, 1.54) is 5.57 Å². The van der Waals surface area contributed by atoms with Crippen LogP contribution in [0.2, 0.25) is 0 Å². The monoisotopic (exact) mass is 151 g/mol. The van der Waals surface area contributed by atoms with Gasteiger partial charge in [-0.2, -0.15) is 0 Å². The van der Waals surface area contributed by atoms with Gasteiger partial charge in [0.1, 0.15) is 0 Å². The SMILES string of the molecule is C=NC1=C(/C=N\C)CN(C)C1. The number of hydrogen-bond acceptors (Lipinski definition) is 3. The molecule has 0 aromatic carbocycles. The second-order valence-corrected chi connectivity index (χ2v) is 2.69. The average Bonchev–Trinajstić information content (AvgIpc) is 2.32. The van der Waals surface area contributed by atoms with E-state index in [0.717, 1.165) is 18.8 Å². The van der Waals surface area contributed by atoms with Crippen molar-refractivity contribution in [3.63, 3.8) is 0 Å². The Morgan fingerprint density at radius 2 is 2.27 bits per heavy atom. The third kappa shape index (κ3) is 1.74. The number of hydrogen-bond donors (Lipinski definition) is 0. The van der Waals surface area contributed by atoms with Crippen molar-refractivity contribution in [1.82, 2.24) is 4.90 Å². The van der Waals surface area contributed by atoms with Crippen LogP contribution in [0.25, 0.3) is 0 Å². The molecule has 11 heavy (non-hydrogen) atoms. The van der Waals surface area contributed by atoms with E-state index in [1.807, 2.05) is 6.21 Å². The molecular formula is C8H13N3. The zero-order valence-electron chi connectivity index (χ0n) is 7.04. The van der Waals surface area contributed by atoms with Gasteiger partial charge >= 0.3 is 0 Å². The van der Waals surface area contributed by atoms with Crippen LogP contribution < -0.4 is 0 Å². The lowest BCUT2D eigenvalue weighted by atomic mass is 10.3. The molecule has 1 aliphatic rings. The van der Waals surface area contributed by atoms with Gasteiger partial charge in [0.2, 0.25) is 0 Å². The topological polar surface area (TPSA) is 28.0 Å². The fourth-order valence-corrected chi connectivity index (χ4v) is 1.22. The van der Waals surface area contributed by atoms with Crippen LogP contribution in [-0.4, -0.2) is 45.0 Å². The zero-order chi connectivity index (χ0) is 8.27. The van der Waals surface area contributed by atoms with Gasteiger partial charge in [-0.1, -0.05) is 0 Å². The Morgan fingerprint density at radius 3 is 2.82 bits per heavy atom. The zero-order valence-corrected chi connectivity index (χ0v) is 7.04. The summed E-state index contributed by atoms with van der Waals surface area (Å²) in [7, 11) is 3.83. The maximum Gasteiger partial charge on any atom is 0.0596 e. The Balaban J connectivity index is 2.79. The van der Waals surface area contributed by atoms with Crippen LogP contribution in [0.4, 0.5) is 0 Å². The molecule has 0 saturated carbocycles. The maximum atomic E-state index is 3.95. The minimum Gasteiger partial charge on any atom is -0.296 e. The molecule has 1 rings (SSSR count). The molecule has 0 amide bonds. The molecule has 0 unspecified atom stereocenters. The van der Waals surface area contributed by atoms with E-state index in [9.17, 15) is 0 Å². The predicted octanol–water partition coefficient (Wildman–Crippen LogP) is 0.587. The minimum absolute atomic E-state index is 0.894. The van der Waals surface area contributed by atoms with Gasteiger partial charge in [0.25, 0.3) is 0 Å². The van der Waals surface area contributed by atoms with Crippen molar-refractivity contribution >= 4 is 12.9 Å². The lowest BCUT2D eigenvalue weighted by Crippen LogP contribution is -2.14. The first-order chi connectivity index (χ1) is 5.27. The Hall–Kier alpha value is -0.960. The molecule has 0 N–H and O–H groups in total. The third-order valence-electron chi connectivity index (χ3n) is 1.71. The minimum atomic E-state index is 0.894. The van der Waals surface area contributed by atoms with Gasteiger partial charge in [-0.25, -0.2) is 0 Å². The van der Waals surface area contributed by atoms with Gasteiger partial charge in [-0.3, -0.25) is 14.9 Å². The Kier molecular flexibility index (Phi) is 2.54. The van der Waals surface area contributed by atoms with Crippen molar-refractivity contribution in [2.75, 3.05) is 27.2 Å². The summed E-state index contributed by atoms with van der Waals surface area (Å²) in [5.74, 6) is 0. The van der Waals surface area contributed by atoms with Gasteiger partial charge in [-0.15, -0.1) is 0 Å². The van der Waals surface area contributed by atoms with E-state index in [1.54, 1.807) is 7.05 Å². The first kappa shape index (κ1) is 8.14. The van der Waals surface area contributed by atoms with Gasteiger partial charge in [-0.05, 0) is 13.8 Å². The van der Waals surface area contributed by atoms with Crippen LogP contribution in [0.15, 0.2) is 21.3 Å². The van der Waals surface area contributed by atoms with Crippen molar-refractivity contribution < 1.29 is 0 Å². The molecule has 0 aromatic heterocycles. The molecule has 0 fully saturated rings. The summed E-state index contributed by atoms with van der Waals surface area (Å²) in [6.07, 6.45) is 1.85. The lowest BCUT2D eigenvalue weighted by Gasteiger charge is -2.04. The molecule has 0 radical (unpaired) electrons. The molecule has 1 aliphatic heterocycles. The van der Waals surface area contributed by atoms with Gasteiger partial charge < -0.3 is 0 Å². The van der Waals surface area contributed by atoms with E-state index in [-0.39, 0.29) is 0 Å². The summed E-state index contributed by atoms with van der Waals surface area (Å²) in [6, 6.07) is 0. The van der Waals surface area contributed by atoms with Crippen molar-refractivity contribution in [3.8, 4) is 0 Å². The number of aliphatic imine (C=N–C) groups is 2. The van der Waals surface area contributed by atoms with Crippen LogP contribution >= 0.6 is 0 Å². The molecule has 0 saturated heterocycles. The predicted molar refractivity (Wildman–Crippen MR) is 48.5 cm³/mol. The Morgan fingerprint density at radius 1 is 1.55 bits per heavy atom. The molecule has 60 valence electrons. The molecule has 1 heterocycles. The van der Waals surface area contributed by atoms with E-state index in [0.29, 0.717) is 0 Å². The summed E-state index contributed by atoms with van der Waals surface area (Å²) in [5, 5.41) is 0. The second-order valence-electron chi connectivity index (χ2n) is 2.69. The molecule has 0 bridgehead atoms. The summed E-state index contributed by atoms with van der Waals surface area (Å²) in [5.41, 5.74) is 2.24. The molecule has 0 spiro atoms. The van der Waals surface area contributed by atoms with Crippen molar-refractivity contribution in [3.05, 3.63) is 11.3 Å². The first-order valence-electron chi connectivity index (χ1n) is 3.57. The fourth-order valence-electron chi connectivity index (χ4n) is 1.22. The second kappa shape index (κ2) is 3.44. The van der Waals surface area contributed by atoms with Crippen LogP contribution in [0.3, 0.4) is 0 Å². The molecule has 0 aliphatic carbocycles. The third-order valence-corrected chi connectivity index (χ3v) is 1.71. The average molecular weight is 151 g/mol. The van der Waals surface area contributed by atoms with Crippen molar-refractivity contribution in [2.24, 2.45) is 9.98 Å². The van der Waals surface area contributed by atoms with Gasteiger partial charge in [0.15, 0.2) is 0 Å². The smallest absolute Gasteiger partial charge is 0.0596 e. The first-order valence-corrected chi connectivity index (χ1v) is 3.57. The highest BCUT2D eigenvalue weighted by Gasteiger charge is 2.15. The molecule has 3 heteroatoms. The quantitative estimate of drug-likeness (QED) is 0.531. The Labute approximate surface area is 67.1 Å². The fraction of sp³-hybridized carbons (Fsp3) is 0.500. The summed E-state index contributed by atoms with van der Waals surface area (Å²) in [4.78, 5) is 10.1. The summed E-state index contributed by atoms with van der Waals surface area (Å²) in [6.45, 7) is 5.34. The highest BCUT2D eigenvalue weighted by molar-refractivity contribution is 5.81. The molecule has 0 atom stereocenters. The van der Waals surface area contributed by atoms with Crippen molar-refractivity contribution in [2.45, 2.75) is 0 Å². The van der Waals surface area contributed by atoms with E-state index < -0.39 is 0 Å². The summed E-state index contributed by atoms with van der Waals surface area (Å²) < 4.78 is 0. The normalized spacial score (nSPS) is 20.2. The van der Waals surface area contributed by atoms with Crippen LogP contribution in [0.5, 0.6) is 0 Å².